The molecule has 0 aromatic carbocycles. The molecule has 0 aromatic rings. The predicted molar refractivity (Wildman–Crippen MR) is 47.0 cm³/mol. The molecule has 0 bridgehead atoms. The summed E-state index contributed by atoms with van der Waals surface area (Å²) in [6.45, 7) is 0. The van der Waals surface area contributed by atoms with E-state index in [0.29, 0.717) is 0 Å². The van der Waals surface area contributed by atoms with Crippen molar-refractivity contribution in [3.8, 4) is 0 Å². The molecule has 1 saturated heterocycles. The Morgan fingerprint density at radius 1 is 1.00 bits per heavy atom. The van der Waals surface area contributed by atoms with Crippen LogP contribution in [0.3, 0.4) is 0 Å². The van der Waals surface area contributed by atoms with Gasteiger partial charge in [-0.3, -0.25) is 4.57 Å². The maximum atomic E-state index is 10.7. The first kappa shape index (κ1) is 14.0. The molecule has 0 amide bonds. The average Bonchev–Trinajstić information content (AvgIpc) is 2.18. The minimum atomic E-state index is -4.97. The minimum Gasteiger partial charge on any atom is -0.387 e. The lowest BCUT2D eigenvalue weighted by atomic mass is 9.99. The van der Waals surface area contributed by atoms with Crippen molar-refractivity contribution in [3.63, 3.8) is 0 Å². The lowest BCUT2D eigenvalue weighted by molar-refractivity contribution is -0.291. The van der Waals surface area contributed by atoms with Crippen molar-refractivity contribution >= 4 is 7.60 Å². The van der Waals surface area contributed by atoms with E-state index >= 15 is 0 Å². The van der Waals surface area contributed by atoms with Crippen LogP contribution in [0.2, 0.25) is 0 Å². The number of aliphatic hydroxyl groups excluding tert-OH is 5. The van der Waals surface area contributed by atoms with Gasteiger partial charge in [-0.2, -0.15) is 0 Å². The Morgan fingerprint density at radius 2 is 1.50 bits per heavy atom. The van der Waals surface area contributed by atoms with E-state index in [9.17, 15) is 14.8 Å². The van der Waals surface area contributed by atoms with Crippen LogP contribution in [0.25, 0.3) is 0 Å². The average molecular weight is 260 g/mol. The van der Waals surface area contributed by atoms with Gasteiger partial charge in [0.05, 0.1) is 0 Å². The van der Waals surface area contributed by atoms with Gasteiger partial charge in [-0.1, -0.05) is 0 Å². The van der Waals surface area contributed by atoms with Crippen molar-refractivity contribution in [2.45, 2.75) is 36.6 Å². The second kappa shape index (κ2) is 4.65. The SMILES string of the molecule is O=P(O)(O)C(O)[C@H]1O[C@H](O)[C@@H](O)[C@@H](O)[C@@H]1O. The quantitative estimate of drug-likeness (QED) is 0.247. The molecule has 1 aliphatic rings. The van der Waals surface area contributed by atoms with Crippen LogP contribution in [0, 0.1) is 0 Å². The lowest BCUT2D eigenvalue weighted by Crippen LogP contribution is -2.60. The molecule has 96 valence electrons. The monoisotopic (exact) mass is 260 g/mol. The highest BCUT2D eigenvalue weighted by molar-refractivity contribution is 7.52. The molecule has 9 nitrogen and oxygen atoms in total. The van der Waals surface area contributed by atoms with Gasteiger partial charge in [0.2, 0.25) is 0 Å². The summed E-state index contributed by atoms with van der Waals surface area (Å²) in [5.41, 5.74) is 0. The van der Waals surface area contributed by atoms with Crippen molar-refractivity contribution in [3.05, 3.63) is 0 Å². The van der Waals surface area contributed by atoms with E-state index < -0.39 is 44.1 Å². The Kier molecular flexibility index (Phi) is 4.06. The summed E-state index contributed by atoms with van der Waals surface area (Å²) >= 11 is 0. The Labute approximate surface area is 89.7 Å². The molecule has 0 aromatic heterocycles. The fourth-order valence-corrected chi connectivity index (χ4v) is 1.95. The largest absolute Gasteiger partial charge is 0.387 e. The standard InChI is InChI=1S/C6H13O9P/c7-1-2(8)4(6(11)16(12,13)14)15-5(10)3(1)9/h1-11H,(H2,12,13,14)/t1-,2-,3-,4-,5-,6?/m0/s1. The molecule has 10 heteroatoms. The Morgan fingerprint density at radius 3 is 1.94 bits per heavy atom. The molecule has 1 aliphatic heterocycles. The van der Waals surface area contributed by atoms with E-state index in [1.165, 1.54) is 0 Å². The van der Waals surface area contributed by atoms with Gasteiger partial charge in [-0.15, -0.1) is 0 Å². The third kappa shape index (κ3) is 2.59. The summed E-state index contributed by atoms with van der Waals surface area (Å²) in [4.78, 5) is 17.3. The van der Waals surface area contributed by atoms with Gasteiger partial charge in [0.25, 0.3) is 0 Å². The Bertz CT molecular complexity index is 290. The van der Waals surface area contributed by atoms with Crippen LogP contribution in [0.15, 0.2) is 0 Å². The molecule has 0 aliphatic carbocycles. The smallest absolute Gasteiger partial charge is 0.356 e. The van der Waals surface area contributed by atoms with Crippen molar-refractivity contribution in [1.29, 1.82) is 0 Å². The van der Waals surface area contributed by atoms with Crippen LogP contribution in [-0.4, -0.2) is 71.9 Å². The van der Waals surface area contributed by atoms with Crippen molar-refractivity contribution in [2.24, 2.45) is 0 Å². The highest BCUT2D eigenvalue weighted by atomic mass is 31.2. The molecule has 1 rings (SSSR count). The van der Waals surface area contributed by atoms with Crippen LogP contribution in [0.1, 0.15) is 0 Å². The molecule has 6 atom stereocenters. The summed E-state index contributed by atoms with van der Waals surface area (Å²) < 4.78 is 15.1. The maximum Gasteiger partial charge on any atom is 0.356 e. The second-order valence-electron chi connectivity index (χ2n) is 3.47. The minimum absolute atomic E-state index is 1.82. The summed E-state index contributed by atoms with van der Waals surface area (Å²) in [6.07, 6.45) is -9.48. The first-order valence-electron chi connectivity index (χ1n) is 4.27. The summed E-state index contributed by atoms with van der Waals surface area (Å²) in [7, 11) is -4.97. The lowest BCUT2D eigenvalue weighted by Gasteiger charge is -2.39. The maximum absolute atomic E-state index is 10.7. The molecule has 7 N–H and O–H groups in total. The fourth-order valence-electron chi connectivity index (χ4n) is 1.33. The Balaban J connectivity index is 2.86. The van der Waals surface area contributed by atoms with Gasteiger partial charge in [0.15, 0.2) is 12.1 Å². The molecule has 1 fully saturated rings. The van der Waals surface area contributed by atoms with Crippen LogP contribution in [-0.2, 0) is 9.30 Å². The zero-order valence-corrected chi connectivity index (χ0v) is 8.75. The summed E-state index contributed by atoms with van der Waals surface area (Å²) in [5.74, 6) is -2.40. The van der Waals surface area contributed by atoms with E-state index in [0.717, 1.165) is 0 Å². The van der Waals surface area contributed by atoms with Crippen LogP contribution in [0.4, 0.5) is 0 Å². The van der Waals surface area contributed by atoms with Crippen molar-refractivity contribution in [1.82, 2.24) is 0 Å². The van der Waals surface area contributed by atoms with E-state index in [1.54, 1.807) is 0 Å². The number of hydrogen-bond acceptors (Lipinski definition) is 7. The van der Waals surface area contributed by atoms with Crippen LogP contribution in [0.5, 0.6) is 0 Å². The van der Waals surface area contributed by atoms with Crippen LogP contribution < -0.4 is 0 Å². The Hall–Kier alpha value is -0.0900. The first-order chi connectivity index (χ1) is 7.16. The topological polar surface area (TPSA) is 168 Å². The molecule has 0 spiro atoms. The molecular formula is C6H13O9P. The van der Waals surface area contributed by atoms with E-state index in [4.69, 9.17) is 25.1 Å². The molecule has 0 radical (unpaired) electrons. The number of rotatable bonds is 2. The van der Waals surface area contributed by atoms with Crippen molar-refractivity contribution < 1.29 is 44.6 Å². The van der Waals surface area contributed by atoms with Gasteiger partial charge in [0.1, 0.15) is 24.4 Å². The molecule has 0 saturated carbocycles. The molecule has 1 unspecified atom stereocenters. The molecule has 16 heavy (non-hydrogen) atoms. The molecule has 1 heterocycles. The van der Waals surface area contributed by atoms with Gasteiger partial charge in [-0.25, -0.2) is 0 Å². The third-order valence-corrected chi connectivity index (χ3v) is 3.25. The van der Waals surface area contributed by atoms with Gasteiger partial charge in [0, 0.05) is 0 Å². The highest BCUT2D eigenvalue weighted by Gasteiger charge is 2.50. The van der Waals surface area contributed by atoms with Gasteiger partial charge >= 0.3 is 7.60 Å². The fraction of sp³-hybridized carbons (Fsp3) is 1.00. The van der Waals surface area contributed by atoms with Crippen molar-refractivity contribution in [2.75, 3.05) is 0 Å². The van der Waals surface area contributed by atoms with Gasteiger partial charge in [-0.05, 0) is 0 Å². The van der Waals surface area contributed by atoms with E-state index in [2.05, 4.69) is 4.74 Å². The van der Waals surface area contributed by atoms with E-state index in [1.807, 2.05) is 0 Å². The number of aliphatic hydroxyl groups is 5. The van der Waals surface area contributed by atoms with Crippen LogP contribution >= 0.6 is 7.60 Å². The predicted octanol–water partition coefficient (Wildman–Crippen LogP) is -3.72. The van der Waals surface area contributed by atoms with Gasteiger partial charge < -0.3 is 40.1 Å². The first-order valence-corrected chi connectivity index (χ1v) is 5.95. The zero-order valence-electron chi connectivity index (χ0n) is 7.86. The highest BCUT2D eigenvalue weighted by Crippen LogP contribution is 2.44. The number of hydrogen-bond donors (Lipinski definition) is 7. The zero-order chi connectivity index (χ0) is 12.7. The normalized spacial score (nSPS) is 43.1. The summed E-state index contributed by atoms with van der Waals surface area (Å²) in [5, 5.41) is 45.8. The third-order valence-electron chi connectivity index (χ3n) is 2.26. The van der Waals surface area contributed by atoms with E-state index in [-0.39, 0.29) is 0 Å². The second-order valence-corrected chi connectivity index (χ2v) is 5.17. The number of ether oxygens (including phenoxy) is 1. The summed E-state index contributed by atoms with van der Waals surface area (Å²) in [6, 6.07) is 0. The molecular weight excluding hydrogens is 247 g/mol.